The van der Waals surface area contributed by atoms with Gasteiger partial charge in [-0.25, -0.2) is 0 Å². The molecule has 0 bridgehead atoms. The minimum absolute atomic E-state index is 0.135. The van der Waals surface area contributed by atoms with Gasteiger partial charge >= 0.3 is 6.01 Å². The van der Waals surface area contributed by atoms with Gasteiger partial charge in [0.1, 0.15) is 0 Å². The third kappa shape index (κ3) is 2.79. The van der Waals surface area contributed by atoms with E-state index in [9.17, 15) is 0 Å². The molecule has 0 saturated carbocycles. The molecule has 1 aliphatic heterocycles. The Bertz CT molecular complexity index is 309. The summed E-state index contributed by atoms with van der Waals surface area (Å²) in [5, 5.41) is 4.27. The van der Waals surface area contributed by atoms with Crippen LogP contribution in [0.15, 0.2) is 0 Å². The van der Waals surface area contributed by atoms with Crippen LogP contribution in [0.1, 0.15) is 13.8 Å². The van der Waals surface area contributed by atoms with Crippen LogP contribution in [0.5, 0.6) is 6.01 Å². The standard InChI is InChI=1S/C9H16N4OS/c1-7(2)14-8-11-9(15-12-8)13-5-3-10-4-6-13/h7,10H,3-6H2,1-2H3. The number of rotatable bonds is 3. The molecule has 2 rings (SSSR count). The molecule has 0 radical (unpaired) electrons. The monoisotopic (exact) mass is 228 g/mol. The van der Waals surface area contributed by atoms with Crippen LogP contribution in [0.4, 0.5) is 5.13 Å². The van der Waals surface area contributed by atoms with Crippen molar-refractivity contribution < 1.29 is 4.74 Å². The summed E-state index contributed by atoms with van der Waals surface area (Å²) in [5.74, 6) is 0. The van der Waals surface area contributed by atoms with Gasteiger partial charge in [-0.3, -0.25) is 0 Å². The number of hydrogen-bond donors (Lipinski definition) is 1. The van der Waals surface area contributed by atoms with Crippen LogP contribution in [0.3, 0.4) is 0 Å². The first-order valence-corrected chi connectivity index (χ1v) is 5.99. The number of aromatic nitrogens is 2. The summed E-state index contributed by atoms with van der Waals surface area (Å²) < 4.78 is 9.61. The Kier molecular flexibility index (Phi) is 3.37. The SMILES string of the molecule is CC(C)Oc1nsc(N2CCNCC2)n1. The van der Waals surface area contributed by atoms with Crippen LogP contribution in [-0.4, -0.2) is 41.6 Å². The summed E-state index contributed by atoms with van der Waals surface area (Å²) in [5.41, 5.74) is 0. The lowest BCUT2D eigenvalue weighted by Crippen LogP contribution is -2.43. The zero-order valence-electron chi connectivity index (χ0n) is 9.06. The van der Waals surface area contributed by atoms with Gasteiger partial charge in [0.2, 0.25) is 5.13 Å². The van der Waals surface area contributed by atoms with Crippen molar-refractivity contribution in [3.63, 3.8) is 0 Å². The molecule has 2 heterocycles. The van der Waals surface area contributed by atoms with Gasteiger partial charge in [0, 0.05) is 37.7 Å². The second-order valence-corrected chi connectivity index (χ2v) is 4.49. The van der Waals surface area contributed by atoms with E-state index in [0.717, 1.165) is 31.3 Å². The number of anilines is 1. The third-order valence-corrected chi connectivity index (χ3v) is 2.89. The smallest absolute Gasteiger partial charge is 0.330 e. The van der Waals surface area contributed by atoms with E-state index >= 15 is 0 Å². The molecular weight excluding hydrogens is 212 g/mol. The van der Waals surface area contributed by atoms with Gasteiger partial charge in [0.05, 0.1) is 6.10 Å². The number of nitrogens with zero attached hydrogens (tertiary/aromatic N) is 3. The van der Waals surface area contributed by atoms with E-state index in [1.165, 1.54) is 11.5 Å². The predicted octanol–water partition coefficient (Wildman–Crippen LogP) is 0.735. The van der Waals surface area contributed by atoms with Gasteiger partial charge in [-0.15, -0.1) is 4.37 Å². The second-order valence-electron chi connectivity index (χ2n) is 3.76. The second kappa shape index (κ2) is 4.76. The van der Waals surface area contributed by atoms with Gasteiger partial charge in [-0.05, 0) is 13.8 Å². The summed E-state index contributed by atoms with van der Waals surface area (Å²) in [6.07, 6.45) is 0.135. The van der Waals surface area contributed by atoms with Crippen LogP contribution in [0.2, 0.25) is 0 Å². The van der Waals surface area contributed by atoms with Gasteiger partial charge in [-0.2, -0.15) is 4.98 Å². The molecule has 0 amide bonds. The maximum atomic E-state index is 5.43. The maximum Gasteiger partial charge on any atom is 0.330 e. The molecule has 0 aliphatic carbocycles. The van der Waals surface area contributed by atoms with Crippen molar-refractivity contribution in [3.05, 3.63) is 0 Å². The summed E-state index contributed by atoms with van der Waals surface area (Å²) in [6.45, 7) is 7.98. The highest BCUT2D eigenvalue weighted by molar-refractivity contribution is 7.09. The van der Waals surface area contributed by atoms with Crippen LogP contribution in [0, 0.1) is 0 Å². The van der Waals surface area contributed by atoms with E-state index in [1.807, 2.05) is 13.8 Å². The third-order valence-electron chi connectivity index (χ3n) is 2.13. The molecule has 5 nitrogen and oxygen atoms in total. The predicted molar refractivity (Wildman–Crippen MR) is 60.8 cm³/mol. The van der Waals surface area contributed by atoms with Crippen molar-refractivity contribution in [2.24, 2.45) is 0 Å². The van der Waals surface area contributed by atoms with E-state index in [1.54, 1.807) is 0 Å². The van der Waals surface area contributed by atoms with Gasteiger partial charge in [0.25, 0.3) is 0 Å². The fraction of sp³-hybridized carbons (Fsp3) is 0.778. The zero-order valence-corrected chi connectivity index (χ0v) is 9.88. The van der Waals surface area contributed by atoms with Crippen molar-refractivity contribution in [1.29, 1.82) is 0 Å². The van der Waals surface area contributed by atoms with Crippen LogP contribution >= 0.6 is 11.5 Å². The highest BCUT2D eigenvalue weighted by Crippen LogP contribution is 2.21. The van der Waals surface area contributed by atoms with Crippen molar-refractivity contribution in [2.75, 3.05) is 31.1 Å². The molecule has 1 saturated heterocycles. The van der Waals surface area contributed by atoms with E-state index in [-0.39, 0.29) is 6.10 Å². The molecule has 6 heteroatoms. The molecule has 1 aliphatic rings. The summed E-state index contributed by atoms with van der Waals surface area (Å²) in [4.78, 5) is 6.59. The quantitative estimate of drug-likeness (QED) is 0.826. The van der Waals surface area contributed by atoms with E-state index < -0.39 is 0 Å². The van der Waals surface area contributed by atoms with E-state index in [0.29, 0.717) is 6.01 Å². The highest BCUT2D eigenvalue weighted by Gasteiger charge is 2.15. The fourth-order valence-electron chi connectivity index (χ4n) is 1.45. The first kappa shape index (κ1) is 10.6. The van der Waals surface area contributed by atoms with Gasteiger partial charge in [0.15, 0.2) is 0 Å². The minimum atomic E-state index is 0.135. The molecule has 0 atom stereocenters. The van der Waals surface area contributed by atoms with E-state index in [2.05, 4.69) is 19.6 Å². The molecule has 1 fully saturated rings. The zero-order chi connectivity index (χ0) is 10.7. The molecule has 0 unspecified atom stereocenters. The highest BCUT2D eigenvalue weighted by atomic mass is 32.1. The molecule has 1 aromatic rings. The Hall–Kier alpha value is -0.880. The normalized spacial score (nSPS) is 17.1. The van der Waals surface area contributed by atoms with Crippen LogP contribution in [0.25, 0.3) is 0 Å². The van der Waals surface area contributed by atoms with Crippen LogP contribution in [-0.2, 0) is 0 Å². The maximum absolute atomic E-state index is 5.43. The Morgan fingerprint density at radius 3 is 2.80 bits per heavy atom. The fourth-order valence-corrected chi connectivity index (χ4v) is 2.11. The van der Waals surface area contributed by atoms with Crippen molar-refractivity contribution >= 4 is 16.7 Å². The number of hydrogen-bond acceptors (Lipinski definition) is 6. The van der Waals surface area contributed by atoms with Crippen molar-refractivity contribution in [2.45, 2.75) is 20.0 Å². The minimum Gasteiger partial charge on any atom is -0.460 e. The van der Waals surface area contributed by atoms with Gasteiger partial charge in [-0.1, -0.05) is 0 Å². The molecule has 0 aromatic carbocycles. The molecule has 1 aromatic heterocycles. The van der Waals surface area contributed by atoms with Crippen LogP contribution < -0.4 is 15.0 Å². The first-order valence-electron chi connectivity index (χ1n) is 5.22. The molecule has 0 spiro atoms. The molecule has 1 N–H and O–H groups in total. The van der Waals surface area contributed by atoms with Crippen molar-refractivity contribution in [1.82, 2.24) is 14.7 Å². The lowest BCUT2D eigenvalue weighted by molar-refractivity contribution is 0.225. The first-order chi connectivity index (χ1) is 7.25. The molecular formula is C9H16N4OS. The summed E-state index contributed by atoms with van der Waals surface area (Å²) in [6, 6.07) is 0.503. The van der Waals surface area contributed by atoms with E-state index in [4.69, 9.17) is 4.74 Å². The van der Waals surface area contributed by atoms with Gasteiger partial charge < -0.3 is 15.0 Å². The number of nitrogens with one attached hydrogen (secondary N) is 1. The van der Waals surface area contributed by atoms with Crippen molar-refractivity contribution in [3.8, 4) is 6.01 Å². The Morgan fingerprint density at radius 2 is 2.13 bits per heavy atom. The Balaban J connectivity index is 1.99. The average Bonchev–Trinajstić information content (AvgIpc) is 2.67. The average molecular weight is 228 g/mol. The topological polar surface area (TPSA) is 50.3 Å². The number of ether oxygens (including phenoxy) is 1. The Labute approximate surface area is 93.6 Å². The largest absolute Gasteiger partial charge is 0.460 e. The summed E-state index contributed by atoms with van der Waals surface area (Å²) in [7, 11) is 0. The Morgan fingerprint density at radius 1 is 1.40 bits per heavy atom. The molecule has 15 heavy (non-hydrogen) atoms. The lowest BCUT2D eigenvalue weighted by Gasteiger charge is -2.26. The number of piperazine rings is 1. The summed E-state index contributed by atoms with van der Waals surface area (Å²) >= 11 is 1.41. The lowest BCUT2D eigenvalue weighted by atomic mass is 10.4. The molecule has 84 valence electrons.